The summed E-state index contributed by atoms with van der Waals surface area (Å²) in [6.45, 7) is 3.64. The molecule has 0 bridgehead atoms. The number of benzene rings is 2. The van der Waals surface area contributed by atoms with Crippen LogP contribution in [-0.2, 0) is 4.79 Å². The summed E-state index contributed by atoms with van der Waals surface area (Å²) < 4.78 is 5.63. The molecule has 0 aliphatic carbocycles. The van der Waals surface area contributed by atoms with Gasteiger partial charge in [0.15, 0.2) is 5.76 Å². The Bertz CT molecular complexity index is 1010. The van der Waals surface area contributed by atoms with E-state index in [1.165, 1.54) is 0 Å². The van der Waals surface area contributed by atoms with Crippen LogP contribution in [0.25, 0.3) is 11.3 Å². The second kappa shape index (κ2) is 8.50. The first-order valence-electron chi connectivity index (χ1n) is 8.61. The average Bonchev–Trinajstić information content (AvgIpc) is 3.15. The van der Waals surface area contributed by atoms with Crippen molar-refractivity contribution < 1.29 is 14.0 Å². The number of hydrogen-bond donors (Lipinski definition) is 2. The Kier molecular flexibility index (Phi) is 6.07. The molecule has 0 aliphatic rings. The van der Waals surface area contributed by atoms with Crippen molar-refractivity contribution in [2.75, 3.05) is 10.6 Å². The van der Waals surface area contributed by atoms with E-state index in [2.05, 4.69) is 10.6 Å². The molecule has 2 aromatic carbocycles. The summed E-state index contributed by atoms with van der Waals surface area (Å²) in [4.78, 5) is 24.1. The number of rotatable bonds is 5. The second-order valence-electron chi connectivity index (χ2n) is 6.46. The van der Waals surface area contributed by atoms with Gasteiger partial charge in [-0.05, 0) is 54.6 Å². The minimum absolute atomic E-state index is 0.0698. The Morgan fingerprint density at radius 1 is 0.893 bits per heavy atom. The third-order valence-corrected chi connectivity index (χ3v) is 4.52. The number of nitrogens with one attached hydrogen (secondary N) is 2. The molecule has 144 valence electrons. The third kappa shape index (κ3) is 4.74. The largest absolute Gasteiger partial charge is 0.451 e. The molecule has 2 amide bonds. The minimum Gasteiger partial charge on any atom is -0.451 e. The summed E-state index contributed by atoms with van der Waals surface area (Å²) >= 11 is 12.2. The fraction of sp³-hybridized carbons (Fsp3) is 0.143. The molecule has 0 radical (unpaired) electrons. The standard InChI is InChI=1S/C21H18Cl2N2O3/c1-12(2)20(26)24-14-4-6-15(7-5-14)25-21(27)19-10-9-18(28-19)16-11-13(22)3-8-17(16)23/h3-12H,1-2H3,(H,24,26)(H,25,27). The van der Waals surface area contributed by atoms with Crippen molar-refractivity contribution in [3.05, 3.63) is 70.4 Å². The van der Waals surface area contributed by atoms with Crippen LogP contribution in [0, 0.1) is 5.92 Å². The Labute approximate surface area is 172 Å². The monoisotopic (exact) mass is 416 g/mol. The lowest BCUT2D eigenvalue weighted by Crippen LogP contribution is -2.17. The zero-order chi connectivity index (χ0) is 20.3. The van der Waals surface area contributed by atoms with E-state index >= 15 is 0 Å². The Morgan fingerprint density at radius 2 is 1.54 bits per heavy atom. The van der Waals surface area contributed by atoms with Crippen LogP contribution in [0.4, 0.5) is 11.4 Å². The third-order valence-electron chi connectivity index (χ3n) is 3.96. The fourth-order valence-corrected chi connectivity index (χ4v) is 2.79. The van der Waals surface area contributed by atoms with Gasteiger partial charge in [0.2, 0.25) is 5.91 Å². The van der Waals surface area contributed by atoms with E-state index < -0.39 is 5.91 Å². The summed E-state index contributed by atoms with van der Waals surface area (Å²) in [7, 11) is 0. The van der Waals surface area contributed by atoms with E-state index in [-0.39, 0.29) is 17.6 Å². The normalized spacial score (nSPS) is 10.8. The van der Waals surface area contributed by atoms with E-state index in [0.717, 1.165) is 0 Å². The highest BCUT2D eigenvalue weighted by atomic mass is 35.5. The molecule has 0 saturated carbocycles. The highest BCUT2D eigenvalue weighted by molar-refractivity contribution is 6.35. The van der Waals surface area contributed by atoms with Gasteiger partial charge in [0.05, 0.1) is 5.02 Å². The number of carbonyl (C=O) groups excluding carboxylic acids is 2. The zero-order valence-electron chi connectivity index (χ0n) is 15.3. The fourth-order valence-electron chi connectivity index (χ4n) is 2.41. The van der Waals surface area contributed by atoms with Gasteiger partial charge in [-0.25, -0.2) is 0 Å². The summed E-state index contributed by atoms with van der Waals surface area (Å²) in [5.74, 6) is 0.0103. The van der Waals surface area contributed by atoms with E-state index in [0.29, 0.717) is 32.7 Å². The van der Waals surface area contributed by atoms with Crippen LogP contribution in [-0.4, -0.2) is 11.8 Å². The van der Waals surface area contributed by atoms with Gasteiger partial charge in [-0.2, -0.15) is 0 Å². The lowest BCUT2D eigenvalue weighted by molar-refractivity contribution is -0.118. The number of hydrogen-bond acceptors (Lipinski definition) is 3. The van der Waals surface area contributed by atoms with Crippen LogP contribution < -0.4 is 10.6 Å². The van der Waals surface area contributed by atoms with E-state index in [1.54, 1.807) is 54.6 Å². The molecule has 0 saturated heterocycles. The molecule has 7 heteroatoms. The molecule has 0 aliphatic heterocycles. The van der Waals surface area contributed by atoms with Crippen molar-refractivity contribution in [3.8, 4) is 11.3 Å². The summed E-state index contributed by atoms with van der Waals surface area (Å²) in [6, 6.07) is 15.1. The molecule has 3 aromatic rings. The molecular formula is C21H18Cl2N2O3. The Morgan fingerprint density at radius 3 is 2.18 bits per heavy atom. The molecule has 1 aromatic heterocycles. The van der Waals surface area contributed by atoms with E-state index in [9.17, 15) is 9.59 Å². The Hall–Kier alpha value is -2.76. The topological polar surface area (TPSA) is 71.3 Å². The van der Waals surface area contributed by atoms with Gasteiger partial charge >= 0.3 is 0 Å². The molecule has 2 N–H and O–H groups in total. The lowest BCUT2D eigenvalue weighted by atomic mass is 10.2. The van der Waals surface area contributed by atoms with E-state index in [4.69, 9.17) is 27.6 Å². The maximum atomic E-state index is 12.4. The SMILES string of the molecule is CC(C)C(=O)Nc1ccc(NC(=O)c2ccc(-c3cc(Cl)ccc3Cl)o2)cc1. The van der Waals surface area contributed by atoms with Crippen molar-refractivity contribution in [3.63, 3.8) is 0 Å². The first-order chi connectivity index (χ1) is 13.3. The summed E-state index contributed by atoms with van der Waals surface area (Å²) in [5.41, 5.74) is 1.84. The van der Waals surface area contributed by atoms with Crippen molar-refractivity contribution in [2.24, 2.45) is 5.92 Å². The van der Waals surface area contributed by atoms with Crippen LogP contribution in [0.1, 0.15) is 24.4 Å². The molecule has 0 spiro atoms. The van der Waals surface area contributed by atoms with Gasteiger partial charge in [-0.3, -0.25) is 9.59 Å². The molecule has 0 fully saturated rings. The van der Waals surface area contributed by atoms with Crippen LogP contribution in [0.3, 0.4) is 0 Å². The maximum absolute atomic E-state index is 12.4. The number of furan rings is 1. The molecule has 5 nitrogen and oxygen atoms in total. The highest BCUT2D eigenvalue weighted by Crippen LogP contribution is 2.32. The van der Waals surface area contributed by atoms with E-state index in [1.807, 2.05) is 13.8 Å². The Balaban J connectivity index is 1.69. The van der Waals surface area contributed by atoms with Crippen LogP contribution in [0.2, 0.25) is 10.0 Å². The van der Waals surface area contributed by atoms with Gasteiger partial charge in [-0.1, -0.05) is 37.0 Å². The molecule has 3 rings (SSSR count). The molecule has 1 heterocycles. The van der Waals surface area contributed by atoms with Crippen molar-refractivity contribution in [2.45, 2.75) is 13.8 Å². The van der Waals surface area contributed by atoms with Crippen LogP contribution in [0.15, 0.2) is 59.0 Å². The van der Waals surface area contributed by atoms with Gasteiger partial charge in [0, 0.05) is 27.9 Å². The lowest BCUT2D eigenvalue weighted by Gasteiger charge is -2.09. The van der Waals surface area contributed by atoms with Gasteiger partial charge < -0.3 is 15.1 Å². The van der Waals surface area contributed by atoms with Crippen molar-refractivity contribution >= 4 is 46.4 Å². The first-order valence-corrected chi connectivity index (χ1v) is 9.36. The van der Waals surface area contributed by atoms with Gasteiger partial charge in [0.1, 0.15) is 5.76 Å². The van der Waals surface area contributed by atoms with Gasteiger partial charge in [0.25, 0.3) is 5.91 Å². The smallest absolute Gasteiger partial charge is 0.291 e. The number of carbonyl (C=O) groups is 2. The molecule has 28 heavy (non-hydrogen) atoms. The predicted molar refractivity (Wildman–Crippen MR) is 112 cm³/mol. The number of anilines is 2. The highest BCUT2D eigenvalue weighted by Gasteiger charge is 2.15. The van der Waals surface area contributed by atoms with Crippen molar-refractivity contribution in [1.82, 2.24) is 0 Å². The van der Waals surface area contributed by atoms with Crippen molar-refractivity contribution in [1.29, 1.82) is 0 Å². The second-order valence-corrected chi connectivity index (χ2v) is 7.31. The molecule has 0 atom stereocenters. The number of halogens is 2. The number of amides is 2. The quantitative estimate of drug-likeness (QED) is 0.527. The summed E-state index contributed by atoms with van der Waals surface area (Å²) in [5, 5.41) is 6.54. The molecule has 0 unspecified atom stereocenters. The predicted octanol–water partition coefficient (Wildman–Crippen LogP) is 6.10. The summed E-state index contributed by atoms with van der Waals surface area (Å²) in [6.07, 6.45) is 0. The minimum atomic E-state index is -0.400. The van der Waals surface area contributed by atoms with Crippen LogP contribution >= 0.6 is 23.2 Å². The molecular weight excluding hydrogens is 399 g/mol. The maximum Gasteiger partial charge on any atom is 0.291 e. The average molecular weight is 417 g/mol. The van der Waals surface area contributed by atoms with Crippen LogP contribution in [0.5, 0.6) is 0 Å². The van der Waals surface area contributed by atoms with Gasteiger partial charge in [-0.15, -0.1) is 0 Å². The first kappa shape index (κ1) is 20.0. The zero-order valence-corrected chi connectivity index (χ0v) is 16.8.